The van der Waals surface area contributed by atoms with Crippen molar-refractivity contribution in [3.63, 3.8) is 0 Å². The molecule has 0 atom stereocenters. The fourth-order valence-corrected chi connectivity index (χ4v) is 1.53. The van der Waals surface area contributed by atoms with Crippen molar-refractivity contribution in [1.82, 2.24) is 14.3 Å². The zero-order valence-electron chi connectivity index (χ0n) is 10.3. The van der Waals surface area contributed by atoms with Crippen LogP contribution in [0.25, 0.3) is 0 Å². The first-order valence-electron chi connectivity index (χ1n) is 5.18. The largest absolute Gasteiger partial charge is 0.355 e. The lowest BCUT2D eigenvalue weighted by atomic mass is 10.1. The van der Waals surface area contributed by atoms with Gasteiger partial charge in [0, 0.05) is 11.5 Å². The van der Waals surface area contributed by atoms with E-state index in [-0.39, 0.29) is 5.92 Å². The second-order valence-electron chi connectivity index (χ2n) is 5.05. The van der Waals surface area contributed by atoms with Gasteiger partial charge in [-0.15, -0.1) is 9.78 Å². The van der Waals surface area contributed by atoms with Gasteiger partial charge in [0.05, 0.1) is 0 Å². The van der Waals surface area contributed by atoms with Crippen molar-refractivity contribution >= 4 is 6.03 Å². The van der Waals surface area contributed by atoms with Gasteiger partial charge in [0.15, 0.2) is 0 Å². The second-order valence-corrected chi connectivity index (χ2v) is 5.05. The van der Waals surface area contributed by atoms with Crippen molar-refractivity contribution in [1.29, 1.82) is 0 Å². The monoisotopic (exact) mass is 226 g/mol. The lowest BCUT2D eigenvalue weighted by Gasteiger charge is -2.22. The van der Waals surface area contributed by atoms with Gasteiger partial charge in [-0.05, 0) is 20.8 Å². The molecule has 6 heteroatoms. The van der Waals surface area contributed by atoms with Crippen LogP contribution in [-0.2, 0) is 5.54 Å². The van der Waals surface area contributed by atoms with E-state index in [4.69, 9.17) is 5.73 Å². The average Bonchev–Trinajstić information content (AvgIpc) is 2.41. The van der Waals surface area contributed by atoms with E-state index >= 15 is 0 Å². The van der Waals surface area contributed by atoms with Crippen molar-refractivity contribution in [2.24, 2.45) is 5.73 Å². The molecular weight excluding hydrogens is 208 g/mol. The summed E-state index contributed by atoms with van der Waals surface area (Å²) >= 11 is 0. The van der Waals surface area contributed by atoms with E-state index in [0.717, 1.165) is 0 Å². The smallest absolute Gasteiger partial charge is 0.350 e. The first-order chi connectivity index (χ1) is 7.16. The molecule has 90 valence electrons. The van der Waals surface area contributed by atoms with Crippen LogP contribution in [-0.4, -0.2) is 20.4 Å². The third-order valence-corrected chi connectivity index (χ3v) is 2.20. The normalized spacial score (nSPS) is 12.1. The molecule has 0 spiro atoms. The molecule has 0 bridgehead atoms. The third-order valence-electron chi connectivity index (χ3n) is 2.20. The van der Waals surface area contributed by atoms with Crippen LogP contribution in [0.1, 0.15) is 46.4 Å². The highest BCUT2D eigenvalue weighted by Crippen LogP contribution is 2.18. The molecule has 0 saturated heterocycles. The summed E-state index contributed by atoms with van der Waals surface area (Å²) in [4.78, 5) is 23.0. The first kappa shape index (κ1) is 12.5. The first-order valence-corrected chi connectivity index (χ1v) is 5.18. The van der Waals surface area contributed by atoms with Crippen LogP contribution in [0.5, 0.6) is 0 Å². The number of carbonyl (C=O) groups is 1. The molecule has 16 heavy (non-hydrogen) atoms. The molecule has 1 aromatic heterocycles. The maximum absolute atomic E-state index is 11.9. The average molecular weight is 226 g/mol. The zero-order chi connectivity index (χ0) is 12.7. The molecule has 1 amide bonds. The highest BCUT2D eigenvalue weighted by Gasteiger charge is 2.26. The fourth-order valence-electron chi connectivity index (χ4n) is 1.53. The topological polar surface area (TPSA) is 82.9 Å². The van der Waals surface area contributed by atoms with Gasteiger partial charge in [-0.2, -0.15) is 0 Å². The summed E-state index contributed by atoms with van der Waals surface area (Å²) < 4.78 is 2.21. The van der Waals surface area contributed by atoms with Gasteiger partial charge in [-0.25, -0.2) is 9.59 Å². The molecular formula is C10H18N4O2. The summed E-state index contributed by atoms with van der Waals surface area (Å²) in [7, 11) is 0. The Morgan fingerprint density at radius 3 is 2.12 bits per heavy atom. The Bertz CT molecular complexity index is 462. The van der Waals surface area contributed by atoms with Crippen LogP contribution in [0, 0.1) is 0 Å². The minimum atomic E-state index is -0.852. The number of hydrogen-bond donors (Lipinski definition) is 1. The van der Waals surface area contributed by atoms with Gasteiger partial charge < -0.3 is 5.73 Å². The second kappa shape index (κ2) is 3.77. The molecule has 0 aromatic carbocycles. The minimum absolute atomic E-state index is 0.0486. The van der Waals surface area contributed by atoms with Crippen LogP contribution >= 0.6 is 0 Å². The van der Waals surface area contributed by atoms with E-state index in [1.807, 2.05) is 34.6 Å². The third kappa shape index (κ3) is 2.00. The highest BCUT2D eigenvalue weighted by molar-refractivity contribution is 5.73. The molecule has 1 heterocycles. The van der Waals surface area contributed by atoms with E-state index in [2.05, 4.69) is 5.10 Å². The summed E-state index contributed by atoms with van der Waals surface area (Å²) in [5, 5.41) is 3.97. The number of amides is 1. The summed E-state index contributed by atoms with van der Waals surface area (Å²) in [6.07, 6.45) is 0. The number of rotatable bonds is 1. The van der Waals surface area contributed by atoms with Crippen LogP contribution in [0.3, 0.4) is 0 Å². The Kier molecular flexibility index (Phi) is 2.94. The van der Waals surface area contributed by atoms with Gasteiger partial charge >= 0.3 is 11.7 Å². The maximum atomic E-state index is 11.9. The molecule has 0 fully saturated rings. The molecule has 0 aliphatic carbocycles. The van der Waals surface area contributed by atoms with Crippen molar-refractivity contribution in [2.45, 2.75) is 46.1 Å². The van der Waals surface area contributed by atoms with Crippen LogP contribution in [0.4, 0.5) is 4.79 Å². The Labute approximate surface area is 94.1 Å². The molecule has 0 unspecified atom stereocenters. The highest BCUT2D eigenvalue weighted by atomic mass is 16.2. The van der Waals surface area contributed by atoms with Crippen molar-refractivity contribution in [2.75, 3.05) is 0 Å². The predicted octanol–water partition coefficient (Wildman–Crippen LogP) is 0.850. The van der Waals surface area contributed by atoms with Crippen molar-refractivity contribution in [3.05, 3.63) is 16.3 Å². The lowest BCUT2D eigenvalue weighted by molar-refractivity contribution is 0.246. The number of hydrogen-bond acceptors (Lipinski definition) is 3. The quantitative estimate of drug-likeness (QED) is 0.770. The van der Waals surface area contributed by atoms with Crippen molar-refractivity contribution in [3.8, 4) is 0 Å². The van der Waals surface area contributed by atoms with Crippen LogP contribution in [0.15, 0.2) is 4.79 Å². The van der Waals surface area contributed by atoms with Crippen LogP contribution < -0.4 is 11.4 Å². The Balaban J connectivity index is 3.58. The van der Waals surface area contributed by atoms with Gasteiger partial charge in [0.1, 0.15) is 5.82 Å². The van der Waals surface area contributed by atoms with Crippen molar-refractivity contribution < 1.29 is 4.79 Å². The maximum Gasteiger partial charge on any atom is 0.355 e. The standard InChI is InChI=1S/C10H18N4O2/c1-6(2)7-12-14(8(11)15)9(16)13(7)10(3,4)5/h6H,1-5H3,(H2,11,15). The summed E-state index contributed by atoms with van der Waals surface area (Å²) in [5.41, 5.74) is 4.18. The van der Waals surface area contributed by atoms with Gasteiger partial charge in [-0.1, -0.05) is 13.8 Å². The molecule has 6 nitrogen and oxygen atoms in total. The fraction of sp³-hybridized carbons (Fsp3) is 0.700. The molecule has 0 aliphatic heterocycles. The number of carbonyl (C=O) groups excluding carboxylic acids is 1. The van der Waals surface area contributed by atoms with E-state index < -0.39 is 17.3 Å². The molecule has 1 rings (SSSR count). The lowest BCUT2D eigenvalue weighted by Crippen LogP contribution is -2.39. The predicted molar refractivity (Wildman–Crippen MR) is 60.6 cm³/mol. The summed E-state index contributed by atoms with van der Waals surface area (Å²) in [5.74, 6) is 0.615. The molecule has 0 aliphatic rings. The van der Waals surface area contributed by atoms with Gasteiger partial charge in [0.25, 0.3) is 0 Å². The van der Waals surface area contributed by atoms with E-state index in [1.54, 1.807) is 0 Å². The Hall–Kier alpha value is -1.59. The number of aromatic nitrogens is 3. The number of nitrogens with two attached hydrogens (primary N) is 1. The van der Waals surface area contributed by atoms with E-state index in [1.165, 1.54) is 4.57 Å². The minimum Gasteiger partial charge on any atom is -0.350 e. The van der Waals surface area contributed by atoms with Gasteiger partial charge in [-0.3, -0.25) is 4.57 Å². The summed E-state index contributed by atoms with van der Waals surface area (Å²) in [6.45, 7) is 9.47. The molecule has 1 aromatic rings. The number of primary amides is 1. The zero-order valence-corrected chi connectivity index (χ0v) is 10.3. The van der Waals surface area contributed by atoms with Gasteiger partial charge in [0.2, 0.25) is 0 Å². The van der Waals surface area contributed by atoms with E-state index in [9.17, 15) is 9.59 Å². The van der Waals surface area contributed by atoms with E-state index in [0.29, 0.717) is 10.5 Å². The molecule has 2 N–H and O–H groups in total. The molecule has 0 radical (unpaired) electrons. The summed E-state index contributed by atoms with van der Waals surface area (Å²) in [6, 6.07) is -0.852. The number of nitrogens with zero attached hydrogens (tertiary/aromatic N) is 3. The Morgan fingerprint density at radius 1 is 1.38 bits per heavy atom. The molecule has 0 saturated carbocycles. The Morgan fingerprint density at radius 2 is 1.88 bits per heavy atom. The van der Waals surface area contributed by atoms with Crippen LogP contribution in [0.2, 0.25) is 0 Å². The SMILES string of the molecule is CC(C)c1nn(C(N)=O)c(=O)n1C(C)(C)C.